The molecule has 1 aromatic heterocycles. The monoisotopic (exact) mass is 226 g/mol. The molecule has 0 radical (unpaired) electrons. The summed E-state index contributed by atoms with van der Waals surface area (Å²) in [5.41, 5.74) is 2.03. The van der Waals surface area contributed by atoms with Gasteiger partial charge in [-0.1, -0.05) is 6.92 Å². The van der Waals surface area contributed by atoms with Gasteiger partial charge in [0.1, 0.15) is 0 Å². The summed E-state index contributed by atoms with van der Waals surface area (Å²) in [5.74, 6) is 0. The van der Waals surface area contributed by atoms with Gasteiger partial charge in [0.05, 0.1) is 17.6 Å². The molecule has 0 saturated heterocycles. The first-order valence-electron chi connectivity index (χ1n) is 5.10. The number of anilines is 1. The van der Waals surface area contributed by atoms with Crippen molar-refractivity contribution in [1.82, 2.24) is 15.1 Å². The molecule has 1 heterocycles. The predicted octanol–water partition coefficient (Wildman–Crippen LogP) is 1.81. The number of nitrogens with one attached hydrogen (secondary N) is 2. The van der Waals surface area contributed by atoms with E-state index in [0.717, 1.165) is 17.8 Å². The minimum absolute atomic E-state index is 0.391. The summed E-state index contributed by atoms with van der Waals surface area (Å²) in [6.45, 7) is 6.22. The Labute approximate surface area is 96.1 Å². The second-order valence-corrected chi connectivity index (χ2v) is 4.08. The number of aromatic nitrogens is 2. The Morgan fingerprint density at radius 2 is 2.33 bits per heavy atom. The van der Waals surface area contributed by atoms with Crippen molar-refractivity contribution >= 4 is 23.0 Å². The lowest BCUT2D eigenvalue weighted by Gasteiger charge is -2.14. The fourth-order valence-corrected chi connectivity index (χ4v) is 1.42. The third-order valence-electron chi connectivity index (χ3n) is 2.47. The van der Waals surface area contributed by atoms with Gasteiger partial charge in [-0.25, -0.2) is 0 Å². The predicted molar refractivity (Wildman–Crippen MR) is 67.1 cm³/mol. The SMILES string of the molecule is CCC(C)NC(=S)Nc1cnn(C)c1C. The zero-order valence-corrected chi connectivity index (χ0v) is 10.5. The van der Waals surface area contributed by atoms with Crippen LogP contribution in [0.3, 0.4) is 0 Å². The molecule has 84 valence electrons. The van der Waals surface area contributed by atoms with Crippen molar-refractivity contribution < 1.29 is 0 Å². The van der Waals surface area contributed by atoms with Gasteiger partial charge in [0.25, 0.3) is 0 Å². The lowest BCUT2D eigenvalue weighted by Crippen LogP contribution is -2.35. The molecule has 0 aromatic carbocycles. The molecule has 15 heavy (non-hydrogen) atoms. The zero-order valence-electron chi connectivity index (χ0n) is 9.66. The van der Waals surface area contributed by atoms with E-state index >= 15 is 0 Å². The minimum Gasteiger partial charge on any atom is -0.360 e. The lowest BCUT2D eigenvalue weighted by molar-refractivity contribution is 0.646. The first-order valence-corrected chi connectivity index (χ1v) is 5.51. The smallest absolute Gasteiger partial charge is 0.171 e. The van der Waals surface area contributed by atoms with Gasteiger partial charge in [-0.2, -0.15) is 5.10 Å². The van der Waals surface area contributed by atoms with E-state index in [-0.39, 0.29) is 0 Å². The number of nitrogens with zero attached hydrogens (tertiary/aromatic N) is 2. The van der Waals surface area contributed by atoms with Crippen LogP contribution in [-0.2, 0) is 7.05 Å². The van der Waals surface area contributed by atoms with E-state index in [1.54, 1.807) is 6.20 Å². The van der Waals surface area contributed by atoms with Crippen LogP contribution in [0.25, 0.3) is 0 Å². The summed E-state index contributed by atoms with van der Waals surface area (Å²) in [7, 11) is 1.91. The van der Waals surface area contributed by atoms with Crippen molar-refractivity contribution in [3.05, 3.63) is 11.9 Å². The molecule has 0 bridgehead atoms. The van der Waals surface area contributed by atoms with Crippen molar-refractivity contribution in [2.45, 2.75) is 33.2 Å². The zero-order chi connectivity index (χ0) is 11.4. The van der Waals surface area contributed by atoms with Crippen LogP contribution in [0, 0.1) is 6.92 Å². The van der Waals surface area contributed by atoms with Gasteiger partial charge in [0.2, 0.25) is 0 Å². The van der Waals surface area contributed by atoms with E-state index in [0.29, 0.717) is 11.2 Å². The van der Waals surface area contributed by atoms with Gasteiger partial charge in [0.15, 0.2) is 5.11 Å². The molecule has 0 saturated carbocycles. The van der Waals surface area contributed by atoms with Crippen LogP contribution in [0.2, 0.25) is 0 Å². The van der Waals surface area contributed by atoms with Crippen molar-refractivity contribution in [2.24, 2.45) is 7.05 Å². The molecule has 1 atom stereocenters. The highest BCUT2D eigenvalue weighted by molar-refractivity contribution is 7.80. The van der Waals surface area contributed by atoms with Crippen LogP contribution in [0.5, 0.6) is 0 Å². The number of hydrogen-bond donors (Lipinski definition) is 2. The van der Waals surface area contributed by atoms with E-state index in [4.69, 9.17) is 12.2 Å². The number of thiocarbonyl (C=S) groups is 1. The molecule has 0 amide bonds. The van der Waals surface area contributed by atoms with Crippen LogP contribution < -0.4 is 10.6 Å². The Bertz CT molecular complexity index is 345. The maximum Gasteiger partial charge on any atom is 0.171 e. The van der Waals surface area contributed by atoms with Gasteiger partial charge in [-0.3, -0.25) is 4.68 Å². The third kappa shape index (κ3) is 3.20. The number of aryl methyl sites for hydroxylation is 1. The molecule has 0 aliphatic heterocycles. The van der Waals surface area contributed by atoms with Gasteiger partial charge in [0, 0.05) is 13.1 Å². The highest BCUT2D eigenvalue weighted by Crippen LogP contribution is 2.11. The molecular formula is C10H18N4S. The van der Waals surface area contributed by atoms with E-state index in [9.17, 15) is 0 Å². The van der Waals surface area contributed by atoms with Gasteiger partial charge in [-0.15, -0.1) is 0 Å². The molecular weight excluding hydrogens is 208 g/mol. The fourth-order valence-electron chi connectivity index (χ4n) is 1.11. The molecule has 2 N–H and O–H groups in total. The van der Waals surface area contributed by atoms with Crippen LogP contribution in [0.4, 0.5) is 5.69 Å². The van der Waals surface area contributed by atoms with Crippen LogP contribution in [0.1, 0.15) is 26.0 Å². The van der Waals surface area contributed by atoms with Crippen molar-refractivity contribution in [3.8, 4) is 0 Å². The largest absolute Gasteiger partial charge is 0.360 e. The second kappa shape index (κ2) is 5.11. The Hall–Kier alpha value is -1.10. The van der Waals surface area contributed by atoms with Crippen LogP contribution in [0.15, 0.2) is 6.20 Å². The van der Waals surface area contributed by atoms with Gasteiger partial charge in [-0.05, 0) is 32.5 Å². The van der Waals surface area contributed by atoms with E-state index in [1.165, 1.54) is 0 Å². The van der Waals surface area contributed by atoms with Crippen molar-refractivity contribution in [2.75, 3.05) is 5.32 Å². The third-order valence-corrected chi connectivity index (χ3v) is 2.69. The Kier molecular flexibility index (Phi) is 4.08. The average Bonchev–Trinajstić information content (AvgIpc) is 2.49. The molecule has 1 aromatic rings. The summed E-state index contributed by atoms with van der Waals surface area (Å²) in [6.07, 6.45) is 2.83. The van der Waals surface area contributed by atoms with Gasteiger partial charge < -0.3 is 10.6 Å². The highest BCUT2D eigenvalue weighted by Gasteiger charge is 2.06. The summed E-state index contributed by atoms with van der Waals surface area (Å²) >= 11 is 5.19. The topological polar surface area (TPSA) is 41.9 Å². The van der Waals surface area contributed by atoms with Crippen LogP contribution >= 0.6 is 12.2 Å². The summed E-state index contributed by atoms with van der Waals surface area (Å²) in [5, 5.41) is 11.1. The molecule has 0 spiro atoms. The number of rotatable bonds is 3. The van der Waals surface area contributed by atoms with E-state index < -0.39 is 0 Å². The Morgan fingerprint density at radius 1 is 1.67 bits per heavy atom. The number of hydrogen-bond acceptors (Lipinski definition) is 2. The summed E-state index contributed by atoms with van der Waals surface area (Å²) < 4.78 is 1.81. The first-order chi connectivity index (χ1) is 7.04. The lowest BCUT2D eigenvalue weighted by atomic mass is 10.3. The normalized spacial score (nSPS) is 12.3. The van der Waals surface area contributed by atoms with Gasteiger partial charge >= 0.3 is 0 Å². The van der Waals surface area contributed by atoms with Crippen LogP contribution in [-0.4, -0.2) is 20.9 Å². The van der Waals surface area contributed by atoms with E-state index in [1.807, 2.05) is 18.7 Å². The molecule has 0 fully saturated rings. The average molecular weight is 226 g/mol. The molecule has 0 aliphatic rings. The summed E-state index contributed by atoms with van der Waals surface area (Å²) in [6, 6.07) is 0.391. The first kappa shape index (κ1) is 12.0. The molecule has 4 nitrogen and oxygen atoms in total. The molecule has 0 aliphatic carbocycles. The second-order valence-electron chi connectivity index (χ2n) is 3.68. The molecule has 5 heteroatoms. The maximum absolute atomic E-state index is 5.19. The summed E-state index contributed by atoms with van der Waals surface area (Å²) in [4.78, 5) is 0. The van der Waals surface area contributed by atoms with E-state index in [2.05, 4.69) is 29.6 Å². The maximum atomic E-state index is 5.19. The Morgan fingerprint density at radius 3 is 2.80 bits per heavy atom. The standard InChI is InChI=1S/C10H18N4S/c1-5-7(2)12-10(15)13-9-6-11-14(4)8(9)3/h6-7H,5H2,1-4H3,(H2,12,13,15). The molecule has 1 rings (SSSR count). The minimum atomic E-state index is 0.391. The highest BCUT2D eigenvalue weighted by atomic mass is 32.1. The van der Waals surface area contributed by atoms with Crippen molar-refractivity contribution in [1.29, 1.82) is 0 Å². The van der Waals surface area contributed by atoms with Crippen molar-refractivity contribution in [3.63, 3.8) is 0 Å². The Balaban J connectivity index is 2.55. The quantitative estimate of drug-likeness (QED) is 0.771. The molecule has 1 unspecified atom stereocenters. The fraction of sp³-hybridized carbons (Fsp3) is 0.600.